The first-order chi connectivity index (χ1) is 9.68. The molecule has 2 saturated heterocycles. The third-order valence-electron chi connectivity index (χ3n) is 5.27. The van der Waals surface area contributed by atoms with Crippen LogP contribution in [0.15, 0.2) is 0 Å². The summed E-state index contributed by atoms with van der Waals surface area (Å²) in [6.07, 6.45) is 7.91. The number of nitrogens with one attached hydrogen (secondary N) is 1. The number of amides is 1. The molecule has 0 aromatic rings. The van der Waals surface area contributed by atoms with Crippen LogP contribution in [0, 0.1) is 5.92 Å². The predicted octanol–water partition coefficient (Wildman–Crippen LogP) is 1.37. The lowest BCUT2D eigenvalue weighted by Crippen LogP contribution is -2.60. The summed E-state index contributed by atoms with van der Waals surface area (Å²) in [6, 6.07) is -0.602. The summed E-state index contributed by atoms with van der Waals surface area (Å²) < 4.78 is 0. The van der Waals surface area contributed by atoms with Gasteiger partial charge in [0.05, 0.1) is 6.04 Å². The molecule has 3 unspecified atom stereocenters. The molecule has 112 valence electrons. The second-order valence-corrected chi connectivity index (χ2v) is 6.44. The highest BCUT2D eigenvalue weighted by atomic mass is 16.4. The average molecular weight is 280 g/mol. The van der Waals surface area contributed by atoms with Gasteiger partial charge < -0.3 is 15.3 Å². The van der Waals surface area contributed by atoms with Gasteiger partial charge in [-0.2, -0.15) is 0 Å². The molecule has 0 spiro atoms. The fraction of sp³-hybridized carbons (Fsp3) is 0.867. The van der Waals surface area contributed by atoms with E-state index in [0.717, 1.165) is 45.1 Å². The van der Waals surface area contributed by atoms with E-state index in [0.29, 0.717) is 12.3 Å². The predicted molar refractivity (Wildman–Crippen MR) is 74.3 cm³/mol. The van der Waals surface area contributed by atoms with Crippen molar-refractivity contribution in [1.29, 1.82) is 0 Å². The lowest BCUT2D eigenvalue weighted by molar-refractivity contribution is -0.159. The topological polar surface area (TPSA) is 69.6 Å². The number of carboxylic acids is 1. The van der Waals surface area contributed by atoms with Gasteiger partial charge in [-0.3, -0.25) is 4.79 Å². The Kier molecular flexibility index (Phi) is 3.96. The maximum Gasteiger partial charge on any atom is 0.326 e. The highest BCUT2D eigenvalue weighted by molar-refractivity contribution is 5.87. The lowest BCUT2D eigenvalue weighted by Gasteiger charge is -2.47. The van der Waals surface area contributed by atoms with Gasteiger partial charge in [0.15, 0.2) is 0 Å². The third kappa shape index (κ3) is 2.43. The molecule has 3 fully saturated rings. The molecule has 2 N–H and O–H groups in total. The monoisotopic (exact) mass is 280 g/mol. The number of rotatable bonds is 2. The van der Waals surface area contributed by atoms with Crippen LogP contribution in [0.4, 0.5) is 0 Å². The number of nitrogens with zero attached hydrogens (tertiary/aromatic N) is 1. The minimum Gasteiger partial charge on any atom is -0.480 e. The van der Waals surface area contributed by atoms with Crippen molar-refractivity contribution in [2.75, 3.05) is 6.54 Å². The standard InChI is InChI=1S/C15H24N2O3/c18-14(11-5-3-9-16-11)17-12-6-2-1-4-10(12)7-8-13(17)15(19)20/h10-13,16H,1-9H2,(H,19,20)/t10?,11-,12?,13?/m1/s1. The fourth-order valence-corrected chi connectivity index (χ4v) is 4.27. The zero-order valence-electron chi connectivity index (χ0n) is 11.9. The minimum atomic E-state index is -0.833. The maximum absolute atomic E-state index is 12.8. The SMILES string of the molecule is O=C(O)C1CCC2CCCCC2N1C(=O)[C@H]1CCCN1. The van der Waals surface area contributed by atoms with Crippen molar-refractivity contribution in [1.82, 2.24) is 10.2 Å². The van der Waals surface area contributed by atoms with Gasteiger partial charge in [0.2, 0.25) is 5.91 Å². The summed E-state index contributed by atoms with van der Waals surface area (Å²) in [6.45, 7) is 0.871. The molecule has 3 aliphatic rings. The van der Waals surface area contributed by atoms with Crippen molar-refractivity contribution in [3.05, 3.63) is 0 Å². The summed E-state index contributed by atoms with van der Waals surface area (Å²) >= 11 is 0. The average Bonchev–Trinajstić information content (AvgIpc) is 2.99. The molecule has 0 aromatic heterocycles. The van der Waals surface area contributed by atoms with Crippen LogP contribution in [0.1, 0.15) is 51.4 Å². The van der Waals surface area contributed by atoms with Crippen molar-refractivity contribution < 1.29 is 14.7 Å². The van der Waals surface area contributed by atoms with Crippen molar-refractivity contribution in [2.24, 2.45) is 5.92 Å². The molecule has 0 radical (unpaired) electrons. The molecule has 0 bridgehead atoms. The normalized spacial score (nSPS) is 37.5. The van der Waals surface area contributed by atoms with E-state index < -0.39 is 12.0 Å². The molecule has 2 heterocycles. The van der Waals surface area contributed by atoms with E-state index in [9.17, 15) is 14.7 Å². The van der Waals surface area contributed by atoms with Gasteiger partial charge in [0.1, 0.15) is 6.04 Å². The molecule has 5 nitrogen and oxygen atoms in total. The van der Waals surface area contributed by atoms with Gasteiger partial charge in [-0.15, -0.1) is 0 Å². The Morgan fingerprint density at radius 3 is 2.50 bits per heavy atom. The highest BCUT2D eigenvalue weighted by Gasteiger charge is 2.45. The molecule has 1 aliphatic carbocycles. The van der Waals surface area contributed by atoms with E-state index in [1.54, 1.807) is 4.90 Å². The first-order valence-electron chi connectivity index (χ1n) is 7.97. The van der Waals surface area contributed by atoms with Crippen LogP contribution < -0.4 is 5.32 Å². The second-order valence-electron chi connectivity index (χ2n) is 6.44. The molecule has 3 rings (SSSR count). The second kappa shape index (κ2) is 5.72. The first kappa shape index (κ1) is 13.9. The van der Waals surface area contributed by atoms with E-state index in [4.69, 9.17) is 0 Å². The van der Waals surface area contributed by atoms with Gasteiger partial charge >= 0.3 is 5.97 Å². The van der Waals surface area contributed by atoms with Gasteiger partial charge in [-0.1, -0.05) is 12.8 Å². The van der Waals surface area contributed by atoms with Crippen LogP contribution >= 0.6 is 0 Å². The molecule has 0 aromatic carbocycles. The summed E-state index contributed by atoms with van der Waals surface area (Å²) in [7, 11) is 0. The number of fused-ring (bicyclic) bond motifs is 1. The number of carbonyl (C=O) groups excluding carboxylic acids is 1. The van der Waals surface area contributed by atoms with Gasteiger partial charge in [0.25, 0.3) is 0 Å². The number of aliphatic carboxylic acids is 1. The first-order valence-corrected chi connectivity index (χ1v) is 7.97. The van der Waals surface area contributed by atoms with E-state index in [2.05, 4.69) is 5.32 Å². The number of hydrogen-bond donors (Lipinski definition) is 2. The molecule has 2 aliphatic heterocycles. The maximum atomic E-state index is 12.8. The van der Waals surface area contributed by atoms with Crippen LogP contribution in [-0.2, 0) is 9.59 Å². The fourth-order valence-electron chi connectivity index (χ4n) is 4.27. The molecular weight excluding hydrogens is 256 g/mol. The number of likely N-dealkylation sites (tertiary alicyclic amines) is 1. The number of hydrogen-bond acceptors (Lipinski definition) is 3. The number of carboxylic acid groups (broad SMARTS) is 1. The smallest absolute Gasteiger partial charge is 0.326 e. The van der Waals surface area contributed by atoms with Crippen LogP contribution in [0.3, 0.4) is 0 Å². The Hall–Kier alpha value is -1.10. The highest BCUT2D eigenvalue weighted by Crippen LogP contribution is 2.38. The lowest BCUT2D eigenvalue weighted by atomic mass is 9.76. The van der Waals surface area contributed by atoms with Crippen LogP contribution in [0.5, 0.6) is 0 Å². The third-order valence-corrected chi connectivity index (χ3v) is 5.27. The molecular formula is C15H24N2O3. The zero-order chi connectivity index (χ0) is 14.1. The quantitative estimate of drug-likeness (QED) is 0.801. The van der Waals surface area contributed by atoms with Crippen LogP contribution in [0.2, 0.25) is 0 Å². The molecule has 1 amide bonds. The summed E-state index contributed by atoms with van der Waals surface area (Å²) in [4.78, 5) is 26.1. The van der Waals surface area contributed by atoms with Gasteiger partial charge in [0, 0.05) is 6.04 Å². The van der Waals surface area contributed by atoms with E-state index in [-0.39, 0.29) is 18.0 Å². The van der Waals surface area contributed by atoms with Crippen molar-refractivity contribution in [2.45, 2.75) is 69.5 Å². The van der Waals surface area contributed by atoms with E-state index in [1.165, 1.54) is 6.42 Å². The van der Waals surface area contributed by atoms with Gasteiger partial charge in [-0.05, 0) is 51.0 Å². The Labute approximate surface area is 119 Å². The zero-order valence-corrected chi connectivity index (χ0v) is 11.9. The Bertz CT molecular complexity index is 393. The summed E-state index contributed by atoms with van der Waals surface area (Å²) in [5, 5.41) is 12.7. The molecule has 1 saturated carbocycles. The van der Waals surface area contributed by atoms with Crippen LogP contribution in [0.25, 0.3) is 0 Å². The Morgan fingerprint density at radius 2 is 1.80 bits per heavy atom. The van der Waals surface area contributed by atoms with Crippen LogP contribution in [-0.4, -0.2) is 46.6 Å². The van der Waals surface area contributed by atoms with Crippen molar-refractivity contribution in [3.63, 3.8) is 0 Å². The summed E-state index contributed by atoms with van der Waals surface area (Å²) in [5.41, 5.74) is 0. The largest absolute Gasteiger partial charge is 0.480 e. The van der Waals surface area contributed by atoms with Crippen molar-refractivity contribution >= 4 is 11.9 Å². The van der Waals surface area contributed by atoms with E-state index in [1.807, 2.05) is 0 Å². The molecule has 4 atom stereocenters. The van der Waals surface area contributed by atoms with E-state index >= 15 is 0 Å². The Balaban J connectivity index is 1.83. The van der Waals surface area contributed by atoms with Gasteiger partial charge in [-0.25, -0.2) is 4.79 Å². The summed E-state index contributed by atoms with van der Waals surface area (Å²) in [5.74, 6) is -0.281. The minimum absolute atomic E-state index is 0.0338. The molecule has 20 heavy (non-hydrogen) atoms. The van der Waals surface area contributed by atoms with Crippen molar-refractivity contribution in [3.8, 4) is 0 Å². The Morgan fingerprint density at radius 1 is 1.00 bits per heavy atom. The number of piperidine rings is 1. The number of carbonyl (C=O) groups is 2. The molecule has 5 heteroatoms.